The number of urea groups is 1. The van der Waals surface area contributed by atoms with E-state index in [2.05, 4.69) is 16.0 Å². The van der Waals surface area contributed by atoms with Crippen molar-refractivity contribution in [1.29, 1.82) is 0 Å². The number of hydrogen-bond acceptors (Lipinski definition) is 2. The summed E-state index contributed by atoms with van der Waals surface area (Å²) in [4.78, 5) is 23.6. The molecule has 138 valence electrons. The van der Waals surface area contributed by atoms with Gasteiger partial charge in [-0.3, -0.25) is 4.79 Å². The number of rotatable bonds is 4. The molecule has 0 aliphatic heterocycles. The van der Waals surface area contributed by atoms with Gasteiger partial charge in [-0.2, -0.15) is 13.2 Å². The molecule has 2 aromatic rings. The van der Waals surface area contributed by atoms with Gasteiger partial charge in [0.1, 0.15) is 0 Å². The number of amides is 3. The molecule has 0 saturated carbocycles. The highest BCUT2D eigenvalue weighted by Crippen LogP contribution is 2.34. The molecule has 0 unspecified atom stereocenters. The predicted octanol–water partition coefficient (Wildman–Crippen LogP) is 4.77. The second kappa shape index (κ2) is 8.29. The number of nitrogens with one attached hydrogen (secondary N) is 3. The summed E-state index contributed by atoms with van der Waals surface area (Å²) in [6, 6.07) is 7.96. The third-order valence-electron chi connectivity index (χ3n) is 3.09. The monoisotopic (exact) mass is 405 g/mol. The Bertz CT molecular complexity index is 829. The summed E-state index contributed by atoms with van der Waals surface area (Å²) >= 11 is 11.7. The van der Waals surface area contributed by atoms with Crippen LogP contribution in [0.2, 0.25) is 10.0 Å². The molecule has 0 fully saturated rings. The normalized spacial score (nSPS) is 11.0. The van der Waals surface area contributed by atoms with E-state index >= 15 is 0 Å². The molecule has 0 aliphatic rings. The van der Waals surface area contributed by atoms with Crippen molar-refractivity contribution in [2.24, 2.45) is 0 Å². The largest absolute Gasteiger partial charge is 0.418 e. The first-order valence-corrected chi connectivity index (χ1v) is 7.88. The van der Waals surface area contributed by atoms with Crippen molar-refractivity contribution in [2.45, 2.75) is 6.18 Å². The molecule has 0 aliphatic carbocycles. The number of benzene rings is 2. The van der Waals surface area contributed by atoms with Crippen molar-refractivity contribution in [3.8, 4) is 0 Å². The van der Waals surface area contributed by atoms with Gasteiger partial charge in [0.05, 0.1) is 28.5 Å². The van der Waals surface area contributed by atoms with E-state index < -0.39 is 35.9 Å². The maximum atomic E-state index is 12.9. The van der Waals surface area contributed by atoms with Gasteiger partial charge in [0.15, 0.2) is 0 Å². The van der Waals surface area contributed by atoms with Crippen LogP contribution in [0.5, 0.6) is 0 Å². The fourth-order valence-corrected chi connectivity index (χ4v) is 2.29. The first kappa shape index (κ1) is 19.9. The second-order valence-electron chi connectivity index (χ2n) is 5.02. The highest BCUT2D eigenvalue weighted by Gasteiger charge is 2.33. The lowest BCUT2D eigenvalue weighted by molar-refractivity contribution is -0.136. The van der Waals surface area contributed by atoms with Gasteiger partial charge in [-0.15, -0.1) is 0 Å². The zero-order chi connectivity index (χ0) is 19.3. The number of carbonyl (C=O) groups is 2. The van der Waals surface area contributed by atoms with E-state index in [0.717, 1.165) is 12.1 Å². The van der Waals surface area contributed by atoms with Gasteiger partial charge in [0.25, 0.3) is 0 Å². The number of anilines is 2. The molecular formula is C16H12Cl2F3N3O2. The van der Waals surface area contributed by atoms with Crippen molar-refractivity contribution >= 4 is 46.5 Å². The molecule has 3 N–H and O–H groups in total. The zero-order valence-electron chi connectivity index (χ0n) is 13.0. The van der Waals surface area contributed by atoms with Crippen LogP contribution in [0.15, 0.2) is 42.5 Å². The summed E-state index contributed by atoms with van der Waals surface area (Å²) in [5, 5.41) is 7.23. The van der Waals surface area contributed by atoms with Crippen LogP contribution in [0.3, 0.4) is 0 Å². The van der Waals surface area contributed by atoms with E-state index in [9.17, 15) is 22.8 Å². The van der Waals surface area contributed by atoms with E-state index in [-0.39, 0.29) is 10.7 Å². The summed E-state index contributed by atoms with van der Waals surface area (Å²) in [5.74, 6) is -0.631. The van der Waals surface area contributed by atoms with E-state index in [1.807, 2.05) is 0 Å². The van der Waals surface area contributed by atoms with Crippen LogP contribution >= 0.6 is 23.2 Å². The van der Waals surface area contributed by atoms with Crippen LogP contribution in [-0.4, -0.2) is 18.5 Å². The van der Waals surface area contributed by atoms with Crippen LogP contribution in [-0.2, 0) is 11.0 Å². The van der Waals surface area contributed by atoms with Gasteiger partial charge >= 0.3 is 12.2 Å². The first-order valence-electron chi connectivity index (χ1n) is 7.13. The number of hydrogen-bond donors (Lipinski definition) is 3. The summed E-state index contributed by atoms with van der Waals surface area (Å²) < 4.78 is 38.6. The minimum absolute atomic E-state index is 0.242. The fourth-order valence-electron chi connectivity index (χ4n) is 1.95. The Hall–Kier alpha value is -2.45. The molecule has 0 bridgehead atoms. The van der Waals surface area contributed by atoms with E-state index in [4.69, 9.17) is 23.2 Å². The summed E-state index contributed by atoms with van der Waals surface area (Å²) in [6.07, 6.45) is -4.62. The Morgan fingerprint density at radius 2 is 1.65 bits per heavy atom. The Labute approximate surface area is 156 Å². The van der Waals surface area contributed by atoms with E-state index in [1.54, 1.807) is 0 Å². The molecule has 26 heavy (non-hydrogen) atoms. The lowest BCUT2D eigenvalue weighted by atomic mass is 10.1. The fraction of sp³-hybridized carbons (Fsp3) is 0.125. The minimum atomic E-state index is -4.62. The van der Waals surface area contributed by atoms with Crippen molar-refractivity contribution in [3.63, 3.8) is 0 Å². The third kappa shape index (κ3) is 5.53. The molecule has 0 saturated heterocycles. The molecule has 0 heterocycles. The molecule has 10 heteroatoms. The number of alkyl halides is 3. The first-order chi connectivity index (χ1) is 12.2. The summed E-state index contributed by atoms with van der Waals surface area (Å²) in [7, 11) is 0. The zero-order valence-corrected chi connectivity index (χ0v) is 14.5. The molecule has 5 nitrogen and oxygen atoms in total. The van der Waals surface area contributed by atoms with Crippen molar-refractivity contribution in [1.82, 2.24) is 5.32 Å². The summed E-state index contributed by atoms with van der Waals surface area (Å²) in [5.41, 5.74) is -1.17. The Morgan fingerprint density at radius 3 is 2.35 bits per heavy atom. The smallest absolute Gasteiger partial charge is 0.329 e. The Balaban J connectivity index is 1.93. The Morgan fingerprint density at radius 1 is 0.962 bits per heavy atom. The van der Waals surface area contributed by atoms with Gasteiger partial charge in [0, 0.05) is 5.02 Å². The summed E-state index contributed by atoms with van der Waals surface area (Å²) in [6.45, 7) is -0.483. The van der Waals surface area contributed by atoms with Gasteiger partial charge in [0.2, 0.25) is 5.91 Å². The Kier molecular flexibility index (Phi) is 6.33. The van der Waals surface area contributed by atoms with E-state index in [0.29, 0.717) is 5.02 Å². The average Bonchev–Trinajstić information content (AvgIpc) is 2.56. The van der Waals surface area contributed by atoms with E-state index in [1.165, 1.54) is 30.3 Å². The third-order valence-corrected chi connectivity index (χ3v) is 3.66. The van der Waals surface area contributed by atoms with Crippen LogP contribution in [0.25, 0.3) is 0 Å². The van der Waals surface area contributed by atoms with Gasteiger partial charge < -0.3 is 16.0 Å². The van der Waals surface area contributed by atoms with Crippen molar-refractivity contribution in [3.05, 3.63) is 58.1 Å². The molecule has 3 amide bonds. The molecule has 0 spiro atoms. The van der Waals surface area contributed by atoms with Crippen LogP contribution in [0.4, 0.5) is 29.3 Å². The SMILES string of the molecule is O=C(CNC(=O)Nc1ccccc1C(F)(F)F)Nc1cc(Cl)ccc1Cl. The van der Waals surface area contributed by atoms with Crippen LogP contribution < -0.4 is 16.0 Å². The lowest BCUT2D eigenvalue weighted by Crippen LogP contribution is -2.36. The van der Waals surface area contributed by atoms with Crippen molar-refractivity contribution in [2.75, 3.05) is 17.2 Å². The lowest BCUT2D eigenvalue weighted by Gasteiger charge is -2.14. The molecule has 0 radical (unpaired) electrons. The van der Waals surface area contributed by atoms with Crippen molar-refractivity contribution < 1.29 is 22.8 Å². The second-order valence-corrected chi connectivity index (χ2v) is 5.87. The quantitative estimate of drug-likeness (QED) is 0.685. The maximum absolute atomic E-state index is 12.9. The molecule has 0 aromatic heterocycles. The highest BCUT2D eigenvalue weighted by molar-refractivity contribution is 6.35. The molecule has 0 atom stereocenters. The predicted molar refractivity (Wildman–Crippen MR) is 93.6 cm³/mol. The van der Waals surface area contributed by atoms with Gasteiger partial charge in [-0.1, -0.05) is 35.3 Å². The number of carbonyl (C=O) groups excluding carboxylic acids is 2. The highest BCUT2D eigenvalue weighted by atomic mass is 35.5. The average molecular weight is 406 g/mol. The maximum Gasteiger partial charge on any atom is 0.418 e. The number of para-hydroxylation sites is 1. The van der Waals surface area contributed by atoms with Crippen LogP contribution in [0.1, 0.15) is 5.56 Å². The van der Waals surface area contributed by atoms with Gasteiger partial charge in [-0.25, -0.2) is 4.79 Å². The molecule has 2 aromatic carbocycles. The topological polar surface area (TPSA) is 70.2 Å². The van der Waals surface area contributed by atoms with Gasteiger partial charge in [-0.05, 0) is 30.3 Å². The molecular weight excluding hydrogens is 394 g/mol. The van der Waals surface area contributed by atoms with Crippen LogP contribution in [0, 0.1) is 0 Å². The molecule has 2 rings (SSSR count). The minimum Gasteiger partial charge on any atom is -0.329 e. The number of halogens is 5. The standard InChI is InChI=1S/C16H12Cl2F3N3O2/c17-9-5-6-11(18)13(7-9)23-14(25)8-22-15(26)24-12-4-2-1-3-10(12)16(19,20)21/h1-7H,8H2,(H,23,25)(H2,22,24,26).